The maximum Gasteiger partial charge on any atom is 0.410 e. The third-order valence-electron chi connectivity index (χ3n) is 9.26. The molecule has 0 radical (unpaired) electrons. The van der Waals surface area contributed by atoms with Crippen molar-refractivity contribution in [1.29, 1.82) is 0 Å². The van der Waals surface area contributed by atoms with Crippen LogP contribution in [0.2, 0.25) is 0 Å². The molecule has 3 saturated heterocycles. The third kappa shape index (κ3) is 18.6. The van der Waals surface area contributed by atoms with E-state index in [0.717, 1.165) is 25.0 Å². The predicted molar refractivity (Wildman–Crippen MR) is 219 cm³/mol. The molecule has 0 saturated carbocycles. The number of nitrogens with zero attached hydrogens (tertiary/aromatic N) is 4. The summed E-state index contributed by atoms with van der Waals surface area (Å²) in [6.45, 7) is 19.1. The minimum Gasteiger partial charge on any atom is -0.444 e. The first-order valence-corrected chi connectivity index (χ1v) is 21.5. The largest absolute Gasteiger partial charge is 0.444 e. The summed E-state index contributed by atoms with van der Waals surface area (Å²) in [5.41, 5.74) is -2.16. The summed E-state index contributed by atoms with van der Waals surface area (Å²) in [5.74, 6) is 0.609. The van der Waals surface area contributed by atoms with Crippen LogP contribution < -0.4 is 21.3 Å². The van der Waals surface area contributed by atoms with Gasteiger partial charge in [-0.2, -0.15) is 11.8 Å². The molecule has 0 aliphatic carbocycles. The van der Waals surface area contributed by atoms with E-state index in [1.807, 2.05) is 16.7 Å². The Bertz CT molecular complexity index is 1370. The second kappa shape index (κ2) is 21.9. The molecule has 0 aromatic rings. The standard InChI is InChI=1S/C39H70N8O9S/c1-37(2,3)54-34(51)45-20-13-21-47(36(53)56-39(7,8)9)25-24-46(35(52)55-38(4,5)6)19-12-18-44(22-23-45)26-31(49)41-17-16-40-30(48)15-11-10-14-29-32-28(27-57-29)42-33(50)43-32/h28-29,32H,10-27H2,1-9H3,(H,40,48)(H,41,49)(H2,42,43,50)/t28-,29-,32-/m0/s1. The van der Waals surface area contributed by atoms with Crippen LogP contribution in [-0.4, -0.2) is 168 Å². The van der Waals surface area contributed by atoms with Crippen molar-refractivity contribution in [1.82, 2.24) is 40.9 Å². The molecule has 17 nitrogen and oxygen atoms in total. The van der Waals surface area contributed by atoms with Gasteiger partial charge in [0.2, 0.25) is 11.8 Å². The van der Waals surface area contributed by atoms with Crippen molar-refractivity contribution in [3.05, 3.63) is 0 Å². The quantitative estimate of drug-likeness (QED) is 0.143. The molecule has 0 spiro atoms. The zero-order chi connectivity index (χ0) is 42.4. The number of hydrogen-bond donors (Lipinski definition) is 4. The van der Waals surface area contributed by atoms with E-state index >= 15 is 0 Å². The van der Waals surface area contributed by atoms with Crippen molar-refractivity contribution < 1.29 is 43.0 Å². The number of nitrogens with one attached hydrogen (secondary N) is 4. The smallest absolute Gasteiger partial charge is 0.410 e. The molecule has 7 amide bonds. The second-order valence-corrected chi connectivity index (χ2v) is 19.2. The van der Waals surface area contributed by atoms with E-state index in [9.17, 15) is 28.8 Å². The van der Waals surface area contributed by atoms with Gasteiger partial charge in [0.05, 0.1) is 18.6 Å². The fraction of sp³-hybridized carbons (Fsp3) is 0.846. The van der Waals surface area contributed by atoms with Gasteiger partial charge in [0.15, 0.2) is 0 Å². The molecule has 326 valence electrons. The number of unbranched alkanes of at least 4 members (excludes halogenated alkanes) is 1. The average Bonchev–Trinajstić information content (AvgIpc) is 3.62. The van der Waals surface area contributed by atoms with Gasteiger partial charge in [0.25, 0.3) is 0 Å². The molecule has 0 aromatic carbocycles. The average molecular weight is 827 g/mol. The van der Waals surface area contributed by atoms with E-state index < -0.39 is 35.1 Å². The van der Waals surface area contributed by atoms with Crippen molar-refractivity contribution in [2.24, 2.45) is 0 Å². The minimum atomic E-state index is -0.720. The molecule has 0 bridgehead atoms. The molecule has 3 atom stereocenters. The summed E-state index contributed by atoms with van der Waals surface area (Å²) in [6, 6.07) is 0.248. The van der Waals surface area contributed by atoms with Gasteiger partial charge >= 0.3 is 24.3 Å². The Kier molecular flexibility index (Phi) is 18.3. The first-order chi connectivity index (χ1) is 26.6. The highest BCUT2D eigenvalue weighted by Crippen LogP contribution is 2.33. The number of urea groups is 1. The number of fused-ring (bicyclic) bond motifs is 1. The van der Waals surface area contributed by atoms with Crippen LogP contribution >= 0.6 is 11.8 Å². The van der Waals surface area contributed by atoms with Crippen LogP contribution in [0.3, 0.4) is 0 Å². The Morgan fingerprint density at radius 3 is 1.63 bits per heavy atom. The molecule has 57 heavy (non-hydrogen) atoms. The monoisotopic (exact) mass is 826 g/mol. The van der Waals surface area contributed by atoms with Gasteiger partial charge in [0, 0.05) is 82.9 Å². The number of carbonyl (C=O) groups is 6. The normalized spacial score (nSPS) is 21.7. The van der Waals surface area contributed by atoms with E-state index in [0.29, 0.717) is 57.2 Å². The Balaban J connectivity index is 1.57. The highest BCUT2D eigenvalue weighted by Gasteiger charge is 2.42. The van der Waals surface area contributed by atoms with Gasteiger partial charge < -0.3 is 50.2 Å². The van der Waals surface area contributed by atoms with Crippen molar-refractivity contribution in [2.75, 3.05) is 77.7 Å². The van der Waals surface area contributed by atoms with Crippen molar-refractivity contribution in [3.63, 3.8) is 0 Å². The lowest BCUT2D eigenvalue weighted by molar-refractivity contribution is -0.123. The van der Waals surface area contributed by atoms with Crippen LogP contribution in [0.5, 0.6) is 0 Å². The Morgan fingerprint density at radius 2 is 1.12 bits per heavy atom. The summed E-state index contributed by atoms with van der Waals surface area (Å²) in [6.07, 6.45) is 2.40. The van der Waals surface area contributed by atoms with Crippen LogP contribution in [0.25, 0.3) is 0 Å². The molecule has 4 N–H and O–H groups in total. The summed E-state index contributed by atoms with van der Waals surface area (Å²) < 4.78 is 17.1. The Morgan fingerprint density at radius 1 is 0.649 bits per heavy atom. The van der Waals surface area contributed by atoms with Gasteiger partial charge in [-0.25, -0.2) is 19.2 Å². The number of hydrogen-bond acceptors (Lipinski definition) is 11. The van der Waals surface area contributed by atoms with Crippen molar-refractivity contribution in [3.8, 4) is 0 Å². The van der Waals surface area contributed by atoms with Gasteiger partial charge in [-0.3, -0.25) is 14.5 Å². The van der Waals surface area contributed by atoms with E-state index in [-0.39, 0.29) is 69.2 Å². The minimum absolute atomic E-state index is 0.0476. The van der Waals surface area contributed by atoms with Crippen LogP contribution in [-0.2, 0) is 23.8 Å². The first-order valence-electron chi connectivity index (χ1n) is 20.5. The highest BCUT2D eigenvalue weighted by molar-refractivity contribution is 8.00. The topological polar surface area (TPSA) is 191 Å². The van der Waals surface area contributed by atoms with E-state index in [1.54, 1.807) is 77.0 Å². The molecule has 3 rings (SSSR count). The zero-order valence-corrected chi connectivity index (χ0v) is 36.6. The Labute approximate surface area is 343 Å². The van der Waals surface area contributed by atoms with Crippen LogP contribution in [0, 0.1) is 0 Å². The number of thioether (sulfide) groups is 1. The van der Waals surface area contributed by atoms with Gasteiger partial charge in [0.1, 0.15) is 16.8 Å². The summed E-state index contributed by atoms with van der Waals surface area (Å²) in [5, 5.41) is 12.1. The summed E-state index contributed by atoms with van der Waals surface area (Å²) in [4.78, 5) is 83.8. The van der Waals surface area contributed by atoms with Crippen molar-refractivity contribution in [2.45, 2.75) is 135 Å². The predicted octanol–water partition coefficient (Wildman–Crippen LogP) is 3.75. The molecule has 0 aromatic heterocycles. The first kappa shape index (κ1) is 47.7. The van der Waals surface area contributed by atoms with E-state index in [2.05, 4.69) is 21.3 Å². The lowest BCUT2D eigenvalue weighted by Gasteiger charge is -2.34. The lowest BCUT2D eigenvalue weighted by Crippen LogP contribution is -2.48. The number of carbonyl (C=O) groups excluding carboxylic acids is 6. The SMILES string of the molecule is CC(C)(C)OC(=O)N1CCCN(C(=O)OC(C)(C)C)CCN(C(=O)OC(C)(C)C)CCCN(CC(=O)NCCNC(=O)CCCC[C@@H]2SC[C@@H]3NC(=O)N[C@@H]32)CC1. The molecule has 0 unspecified atom stereocenters. The third-order valence-corrected chi connectivity index (χ3v) is 10.8. The molecule has 18 heteroatoms. The maximum absolute atomic E-state index is 13.3. The van der Waals surface area contributed by atoms with Crippen molar-refractivity contribution >= 4 is 47.9 Å². The van der Waals surface area contributed by atoms with Gasteiger partial charge in [-0.05, 0) is 88.0 Å². The van der Waals surface area contributed by atoms with Crippen LogP contribution in [0.15, 0.2) is 0 Å². The molecule has 3 aliphatic rings. The number of amides is 7. The van der Waals surface area contributed by atoms with Gasteiger partial charge in [-0.15, -0.1) is 0 Å². The number of ether oxygens (including phenoxy) is 3. The van der Waals surface area contributed by atoms with E-state index in [4.69, 9.17) is 14.2 Å². The Hall–Kier alpha value is -3.67. The van der Waals surface area contributed by atoms with E-state index in [1.165, 1.54) is 0 Å². The highest BCUT2D eigenvalue weighted by atomic mass is 32.2. The molecular weight excluding hydrogens is 757 g/mol. The molecule has 3 heterocycles. The molecular formula is C39H70N8O9S. The fourth-order valence-corrected chi connectivity index (χ4v) is 8.14. The second-order valence-electron chi connectivity index (χ2n) is 18.0. The lowest BCUT2D eigenvalue weighted by atomic mass is 10.0. The molecule has 3 aliphatic heterocycles. The van der Waals surface area contributed by atoms with Crippen LogP contribution in [0.4, 0.5) is 19.2 Å². The number of rotatable bonds is 10. The summed E-state index contributed by atoms with van der Waals surface area (Å²) >= 11 is 1.86. The van der Waals surface area contributed by atoms with Gasteiger partial charge in [-0.1, -0.05) is 6.42 Å². The summed E-state index contributed by atoms with van der Waals surface area (Å²) in [7, 11) is 0. The maximum atomic E-state index is 13.3. The van der Waals surface area contributed by atoms with Crippen LogP contribution in [0.1, 0.15) is 101 Å². The zero-order valence-electron chi connectivity index (χ0n) is 35.8. The fourth-order valence-electron chi connectivity index (χ4n) is 6.60. The molecule has 3 fully saturated rings.